The number of hydrogen-bond acceptors (Lipinski definition) is 4. The number of carbonyl (C=O) groups excluding carboxylic acids is 1. The lowest BCUT2D eigenvalue weighted by Gasteiger charge is -2.19. The summed E-state index contributed by atoms with van der Waals surface area (Å²) in [5, 5.41) is 0. The van der Waals surface area contributed by atoms with Crippen LogP contribution < -0.4 is 0 Å². The fraction of sp³-hybridized carbons (Fsp3) is 0.200. The van der Waals surface area contributed by atoms with Crippen molar-refractivity contribution in [3.63, 3.8) is 0 Å². The van der Waals surface area contributed by atoms with Crippen molar-refractivity contribution in [2.75, 3.05) is 6.54 Å². The molecule has 0 amide bonds. The Labute approximate surface area is 141 Å². The maximum absolute atomic E-state index is 12.2. The van der Waals surface area contributed by atoms with E-state index in [1.807, 2.05) is 67.6 Å². The average Bonchev–Trinajstić information content (AvgIpc) is 2.63. The minimum Gasteiger partial charge on any atom is -0.483 e. The molecule has 0 radical (unpaired) electrons. The standard InChI is InChI=1S/C20H19NO3/c1-15-19(23-13-16-8-4-2-5-9-16)20(18(22)12-21-15)24-14-17-10-6-3-7-11-17/h2-11H,12-14H2,1H3. The molecule has 122 valence electrons. The van der Waals surface area contributed by atoms with Crippen LogP contribution in [0.25, 0.3) is 0 Å². The van der Waals surface area contributed by atoms with Gasteiger partial charge in [-0.15, -0.1) is 0 Å². The van der Waals surface area contributed by atoms with Gasteiger partial charge in [-0.3, -0.25) is 9.79 Å². The zero-order valence-corrected chi connectivity index (χ0v) is 13.6. The van der Waals surface area contributed by atoms with E-state index < -0.39 is 0 Å². The smallest absolute Gasteiger partial charge is 0.222 e. The summed E-state index contributed by atoms with van der Waals surface area (Å²) < 4.78 is 11.6. The highest BCUT2D eigenvalue weighted by atomic mass is 16.5. The van der Waals surface area contributed by atoms with Gasteiger partial charge in [0.15, 0.2) is 5.76 Å². The van der Waals surface area contributed by atoms with Crippen molar-refractivity contribution in [3.8, 4) is 0 Å². The lowest BCUT2D eigenvalue weighted by molar-refractivity contribution is -0.118. The van der Waals surface area contributed by atoms with Gasteiger partial charge in [0.25, 0.3) is 0 Å². The minimum atomic E-state index is -0.153. The third-order valence-corrected chi connectivity index (χ3v) is 3.70. The predicted octanol–water partition coefficient (Wildman–Crippen LogP) is 3.68. The first-order valence-electron chi connectivity index (χ1n) is 7.86. The number of hydrogen-bond donors (Lipinski definition) is 0. The van der Waals surface area contributed by atoms with Crippen LogP contribution in [-0.4, -0.2) is 18.0 Å². The number of dihydropyridines is 1. The molecular formula is C20H19NO3. The van der Waals surface area contributed by atoms with E-state index in [0.717, 1.165) is 11.1 Å². The van der Waals surface area contributed by atoms with Crippen LogP contribution in [0.3, 0.4) is 0 Å². The van der Waals surface area contributed by atoms with Gasteiger partial charge in [0, 0.05) is 0 Å². The summed E-state index contributed by atoms with van der Waals surface area (Å²) in [6.07, 6.45) is 0. The molecule has 0 spiro atoms. The topological polar surface area (TPSA) is 47.9 Å². The van der Waals surface area contributed by atoms with Crippen LogP contribution in [0.5, 0.6) is 0 Å². The molecule has 4 nitrogen and oxygen atoms in total. The Kier molecular flexibility index (Phi) is 5.06. The number of carbonyl (C=O) groups is 1. The Balaban J connectivity index is 1.76. The molecule has 24 heavy (non-hydrogen) atoms. The fourth-order valence-corrected chi connectivity index (χ4v) is 2.40. The summed E-state index contributed by atoms with van der Waals surface area (Å²) in [6.45, 7) is 2.63. The Bertz CT molecular complexity index is 718. The summed E-state index contributed by atoms with van der Waals surface area (Å²) >= 11 is 0. The van der Waals surface area contributed by atoms with Crippen LogP contribution in [0.15, 0.2) is 77.2 Å². The molecule has 2 aromatic carbocycles. The lowest BCUT2D eigenvalue weighted by Crippen LogP contribution is -2.22. The first kappa shape index (κ1) is 16.0. The Morgan fingerprint density at radius 1 is 0.833 bits per heavy atom. The molecule has 0 aromatic heterocycles. The Morgan fingerprint density at radius 3 is 1.88 bits per heavy atom. The van der Waals surface area contributed by atoms with Gasteiger partial charge in [0.05, 0.1) is 5.71 Å². The van der Waals surface area contributed by atoms with Gasteiger partial charge in [-0.05, 0) is 18.1 Å². The summed E-state index contributed by atoms with van der Waals surface area (Å²) in [5.74, 6) is 0.549. The van der Waals surface area contributed by atoms with Crippen molar-refractivity contribution >= 4 is 11.5 Å². The second kappa shape index (κ2) is 7.59. The Morgan fingerprint density at radius 2 is 1.33 bits per heavy atom. The van der Waals surface area contributed by atoms with Gasteiger partial charge in [-0.2, -0.15) is 0 Å². The number of aliphatic imine (C=N–C) groups is 1. The van der Waals surface area contributed by atoms with Gasteiger partial charge >= 0.3 is 0 Å². The summed E-state index contributed by atoms with van der Waals surface area (Å²) in [4.78, 5) is 16.4. The highest BCUT2D eigenvalue weighted by Crippen LogP contribution is 2.20. The predicted molar refractivity (Wildman–Crippen MR) is 92.5 cm³/mol. The number of rotatable bonds is 6. The third-order valence-electron chi connectivity index (χ3n) is 3.70. The molecule has 0 fully saturated rings. The quantitative estimate of drug-likeness (QED) is 0.815. The van der Waals surface area contributed by atoms with E-state index in [1.54, 1.807) is 0 Å². The van der Waals surface area contributed by atoms with Crippen molar-refractivity contribution in [1.82, 2.24) is 0 Å². The van der Waals surface area contributed by atoms with E-state index in [-0.39, 0.29) is 18.1 Å². The van der Waals surface area contributed by atoms with Crippen LogP contribution in [-0.2, 0) is 27.5 Å². The SMILES string of the molecule is CC1=NCC(=O)C(OCc2ccccc2)=C1OCc1ccccc1. The second-order valence-corrected chi connectivity index (χ2v) is 5.53. The summed E-state index contributed by atoms with van der Waals surface area (Å²) in [7, 11) is 0. The van der Waals surface area contributed by atoms with Crippen LogP contribution >= 0.6 is 0 Å². The van der Waals surface area contributed by atoms with E-state index >= 15 is 0 Å². The number of allylic oxidation sites excluding steroid dienone is 1. The summed E-state index contributed by atoms with van der Waals surface area (Å²) in [5.41, 5.74) is 2.71. The molecule has 0 saturated heterocycles. The monoisotopic (exact) mass is 321 g/mol. The highest BCUT2D eigenvalue weighted by molar-refractivity contribution is 6.10. The van der Waals surface area contributed by atoms with E-state index in [0.29, 0.717) is 24.7 Å². The van der Waals surface area contributed by atoms with Crippen molar-refractivity contribution in [1.29, 1.82) is 0 Å². The van der Waals surface area contributed by atoms with Crippen LogP contribution in [0, 0.1) is 0 Å². The second-order valence-electron chi connectivity index (χ2n) is 5.53. The van der Waals surface area contributed by atoms with Crippen LogP contribution in [0.2, 0.25) is 0 Å². The normalized spacial score (nSPS) is 14.4. The van der Waals surface area contributed by atoms with Gasteiger partial charge < -0.3 is 9.47 Å². The van der Waals surface area contributed by atoms with E-state index in [2.05, 4.69) is 4.99 Å². The molecule has 3 rings (SSSR count). The third kappa shape index (κ3) is 3.90. The molecule has 0 aliphatic carbocycles. The molecule has 0 saturated carbocycles. The lowest BCUT2D eigenvalue weighted by atomic mass is 10.1. The van der Waals surface area contributed by atoms with E-state index in [1.165, 1.54) is 0 Å². The Hall–Kier alpha value is -2.88. The zero-order valence-electron chi connectivity index (χ0n) is 13.6. The fourth-order valence-electron chi connectivity index (χ4n) is 2.40. The van der Waals surface area contributed by atoms with Gasteiger partial charge in [-0.25, -0.2) is 0 Å². The number of nitrogens with zero attached hydrogens (tertiary/aromatic N) is 1. The van der Waals surface area contributed by atoms with Crippen LogP contribution in [0.4, 0.5) is 0 Å². The highest BCUT2D eigenvalue weighted by Gasteiger charge is 2.25. The van der Waals surface area contributed by atoms with Crippen molar-refractivity contribution in [2.45, 2.75) is 20.1 Å². The van der Waals surface area contributed by atoms with E-state index in [9.17, 15) is 4.79 Å². The first-order valence-corrected chi connectivity index (χ1v) is 7.86. The average molecular weight is 321 g/mol. The molecule has 0 atom stereocenters. The molecule has 0 unspecified atom stereocenters. The molecular weight excluding hydrogens is 302 g/mol. The van der Waals surface area contributed by atoms with E-state index in [4.69, 9.17) is 9.47 Å². The molecule has 0 bridgehead atoms. The largest absolute Gasteiger partial charge is 0.483 e. The molecule has 4 heteroatoms. The summed E-state index contributed by atoms with van der Waals surface area (Å²) in [6, 6.07) is 19.5. The van der Waals surface area contributed by atoms with Gasteiger partial charge in [-0.1, -0.05) is 60.7 Å². The molecule has 1 aliphatic rings. The maximum atomic E-state index is 12.2. The minimum absolute atomic E-state index is 0.105. The molecule has 1 aliphatic heterocycles. The van der Waals surface area contributed by atoms with Crippen molar-refractivity contribution in [2.24, 2.45) is 4.99 Å². The molecule has 0 N–H and O–H groups in total. The van der Waals surface area contributed by atoms with Crippen molar-refractivity contribution < 1.29 is 14.3 Å². The number of Topliss-reactive ketones (excluding diaryl/α,β-unsaturated/α-hetero) is 1. The number of ether oxygens (including phenoxy) is 2. The number of benzene rings is 2. The van der Waals surface area contributed by atoms with Crippen LogP contribution in [0.1, 0.15) is 18.1 Å². The van der Waals surface area contributed by atoms with Gasteiger partial charge in [0.2, 0.25) is 11.5 Å². The molecule has 1 heterocycles. The van der Waals surface area contributed by atoms with Gasteiger partial charge in [0.1, 0.15) is 19.8 Å². The van der Waals surface area contributed by atoms with Crippen molar-refractivity contribution in [3.05, 3.63) is 83.3 Å². The molecule has 2 aromatic rings. The zero-order chi connectivity index (χ0) is 16.8. The maximum Gasteiger partial charge on any atom is 0.222 e. The number of ketones is 1. The first-order chi connectivity index (χ1) is 11.7.